The Morgan fingerprint density at radius 1 is 0.840 bits per heavy atom. The van der Waals surface area contributed by atoms with Crippen LogP contribution in [0.2, 0.25) is 5.02 Å². The Labute approximate surface area is 153 Å². The topological polar surface area (TPSA) is 24.3 Å². The van der Waals surface area contributed by atoms with Gasteiger partial charge in [-0.15, -0.1) is 0 Å². The van der Waals surface area contributed by atoms with E-state index < -0.39 is 0 Å². The third-order valence-corrected chi connectivity index (χ3v) is 5.01. The van der Waals surface area contributed by atoms with Gasteiger partial charge < -0.3 is 9.80 Å². The molecule has 0 unspecified atom stereocenters. The highest BCUT2D eigenvalue weighted by atomic mass is 35.5. The van der Waals surface area contributed by atoms with Gasteiger partial charge in [0.15, 0.2) is 0 Å². The molecule has 0 atom stereocenters. The second kappa shape index (κ2) is 6.81. The molecule has 1 aliphatic rings. The van der Waals surface area contributed by atoms with Gasteiger partial charge in [-0.25, -0.2) is 4.98 Å². The first-order chi connectivity index (χ1) is 12.2. The second-order valence-electron chi connectivity index (χ2n) is 6.30. The number of piperazine rings is 1. The van der Waals surface area contributed by atoms with Gasteiger partial charge in [-0.3, -0.25) is 4.57 Å². The first kappa shape index (κ1) is 16.0. The highest BCUT2D eigenvalue weighted by Crippen LogP contribution is 2.28. The van der Waals surface area contributed by atoms with Crippen molar-refractivity contribution in [1.29, 1.82) is 0 Å². The van der Waals surface area contributed by atoms with E-state index in [9.17, 15) is 0 Å². The van der Waals surface area contributed by atoms with Crippen LogP contribution in [0.3, 0.4) is 0 Å². The fourth-order valence-corrected chi connectivity index (χ4v) is 3.65. The van der Waals surface area contributed by atoms with Crippen LogP contribution in [0, 0.1) is 6.92 Å². The molecule has 0 saturated carbocycles. The highest BCUT2D eigenvalue weighted by molar-refractivity contribution is 6.33. The van der Waals surface area contributed by atoms with Gasteiger partial charge in [0.25, 0.3) is 0 Å². The number of anilines is 2. The summed E-state index contributed by atoms with van der Waals surface area (Å²) < 4.78 is 2.23. The van der Waals surface area contributed by atoms with E-state index in [1.54, 1.807) is 0 Å². The molecule has 25 heavy (non-hydrogen) atoms. The highest BCUT2D eigenvalue weighted by Gasteiger charge is 2.22. The maximum absolute atomic E-state index is 6.35. The van der Waals surface area contributed by atoms with Gasteiger partial charge in [0.05, 0.1) is 16.9 Å². The Balaban J connectivity index is 1.55. The molecule has 0 amide bonds. The summed E-state index contributed by atoms with van der Waals surface area (Å²) in [6.45, 7) is 5.82. The third-order valence-electron chi connectivity index (χ3n) is 4.69. The van der Waals surface area contributed by atoms with E-state index in [1.807, 2.05) is 30.5 Å². The molecule has 4 nitrogen and oxygen atoms in total. The average molecular weight is 353 g/mol. The number of hydrogen-bond donors (Lipinski definition) is 0. The van der Waals surface area contributed by atoms with E-state index in [1.165, 1.54) is 0 Å². The van der Waals surface area contributed by atoms with Gasteiger partial charge in [0.1, 0.15) is 0 Å². The summed E-state index contributed by atoms with van der Waals surface area (Å²) in [5, 5.41) is 0.817. The number of halogens is 1. The molecule has 1 aliphatic heterocycles. The monoisotopic (exact) mass is 352 g/mol. The van der Waals surface area contributed by atoms with Crippen molar-refractivity contribution in [1.82, 2.24) is 9.55 Å². The van der Waals surface area contributed by atoms with E-state index in [0.717, 1.165) is 54.2 Å². The molecular weight excluding hydrogens is 332 g/mol. The minimum atomic E-state index is 0.817. The summed E-state index contributed by atoms with van der Waals surface area (Å²) in [4.78, 5) is 9.38. The van der Waals surface area contributed by atoms with Crippen LogP contribution in [0.1, 0.15) is 5.69 Å². The largest absolute Gasteiger partial charge is 0.367 e. The molecule has 0 spiro atoms. The number of aromatic nitrogens is 2. The van der Waals surface area contributed by atoms with Gasteiger partial charge in [-0.1, -0.05) is 41.9 Å². The van der Waals surface area contributed by atoms with Crippen molar-refractivity contribution in [2.45, 2.75) is 6.92 Å². The molecule has 0 N–H and O–H groups in total. The molecule has 1 fully saturated rings. The Hall–Kier alpha value is -2.46. The van der Waals surface area contributed by atoms with E-state index in [4.69, 9.17) is 11.6 Å². The molecule has 0 aliphatic carbocycles. The third kappa shape index (κ3) is 3.10. The fourth-order valence-electron chi connectivity index (χ4n) is 3.40. The Bertz CT molecular complexity index is 851. The van der Waals surface area contributed by atoms with Crippen molar-refractivity contribution in [2.75, 3.05) is 36.0 Å². The lowest BCUT2D eigenvalue weighted by Gasteiger charge is -2.37. The standard InChI is InChI=1S/C20H21ClN4/c1-16-15-22-20(25(16)17-7-3-2-4-8-17)24-13-11-23(12-14-24)19-10-6-5-9-18(19)21/h2-10,15H,11-14H2,1H3. The van der Waals surface area contributed by atoms with Crippen LogP contribution in [-0.2, 0) is 0 Å². The van der Waals surface area contributed by atoms with Crippen molar-refractivity contribution in [3.05, 3.63) is 71.5 Å². The molecule has 1 saturated heterocycles. The lowest BCUT2D eigenvalue weighted by atomic mass is 10.2. The number of benzene rings is 2. The second-order valence-corrected chi connectivity index (χ2v) is 6.70. The molecule has 2 heterocycles. The zero-order chi connectivity index (χ0) is 17.2. The normalized spacial score (nSPS) is 14.8. The first-order valence-corrected chi connectivity index (χ1v) is 8.96. The quantitative estimate of drug-likeness (QED) is 0.707. The number of imidazole rings is 1. The zero-order valence-corrected chi connectivity index (χ0v) is 15.0. The molecule has 4 rings (SSSR count). The first-order valence-electron chi connectivity index (χ1n) is 8.58. The van der Waals surface area contributed by atoms with Crippen LogP contribution < -0.4 is 9.80 Å². The lowest BCUT2D eigenvalue weighted by Crippen LogP contribution is -2.47. The molecule has 3 aromatic rings. The fraction of sp³-hybridized carbons (Fsp3) is 0.250. The number of nitrogens with zero attached hydrogens (tertiary/aromatic N) is 4. The molecule has 0 bridgehead atoms. The summed E-state index contributed by atoms with van der Waals surface area (Å²) in [5.41, 5.74) is 3.42. The summed E-state index contributed by atoms with van der Waals surface area (Å²) in [7, 11) is 0. The van der Waals surface area contributed by atoms with Crippen LogP contribution in [0.5, 0.6) is 0 Å². The Morgan fingerprint density at radius 3 is 2.20 bits per heavy atom. The van der Waals surface area contributed by atoms with Crippen molar-refractivity contribution in [3.63, 3.8) is 0 Å². The Kier molecular flexibility index (Phi) is 4.36. The maximum atomic E-state index is 6.35. The smallest absolute Gasteiger partial charge is 0.210 e. The Morgan fingerprint density at radius 2 is 1.48 bits per heavy atom. The minimum absolute atomic E-state index is 0.817. The van der Waals surface area contributed by atoms with Crippen molar-refractivity contribution >= 4 is 23.2 Å². The average Bonchev–Trinajstić information content (AvgIpc) is 3.04. The van der Waals surface area contributed by atoms with Crippen LogP contribution >= 0.6 is 11.6 Å². The minimum Gasteiger partial charge on any atom is -0.367 e. The number of para-hydroxylation sites is 2. The van der Waals surface area contributed by atoms with Crippen molar-refractivity contribution in [2.24, 2.45) is 0 Å². The molecule has 128 valence electrons. The molecule has 5 heteroatoms. The SMILES string of the molecule is Cc1cnc(N2CCN(c3ccccc3Cl)CC2)n1-c1ccccc1. The zero-order valence-electron chi connectivity index (χ0n) is 14.3. The van der Waals surface area contributed by atoms with Gasteiger partial charge in [-0.2, -0.15) is 0 Å². The van der Waals surface area contributed by atoms with Crippen molar-refractivity contribution < 1.29 is 0 Å². The molecule has 1 aromatic heterocycles. The van der Waals surface area contributed by atoms with E-state index in [0.29, 0.717) is 0 Å². The van der Waals surface area contributed by atoms with Crippen LogP contribution in [0.4, 0.5) is 11.6 Å². The van der Waals surface area contributed by atoms with Gasteiger partial charge >= 0.3 is 0 Å². The van der Waals surface area contributed by atoms with Crippen LogP contribution in [-0.4, -0.2) is 35.7 Å². The molecule has 0 radical (unpaired) electrons. The summed E-state index contributed by atoms with van der Waals surface area (Å²) >= 11 is 6.35. The number of aryl methyl sites for hydroxylation is 1. The number of rotatable bonds is 3. The van der Waals surface area contributed by atoms with Gasteiger partial charge in [0, 0.05) is 37.6 Å². The summed E-state index contributed by atoms with van der Waals surface area (Å²) in [6.07, 6.45) is 1.95. The predicted octanol–water partition coefficient (Wildman–Crippen LogP) is 4.16. The van der Waals surface area contributed by atoms with Gasteiger partial charge in [-0.05, 0) is 31.2 Å². The van der Waals surface area contributed by atoms with E-state index in [2.05, 4.69) is 56.6 Å². The van der Waals surface area contributed by atoms with Gasteiger partial charge in [0.2, 0.25) is 5.95 Å². The van der Waals surface area contributed by atoms with E-state index >= 15 is 0 Å². The summed E-state index contributed by atoms with van der Waals surface area (Å²) in [6, 6.07) is 18.5. The molecule has 2 aromatic carbocycles. The van der Waals surface area contributed by atoms with Crippen LogP contribution in [0.15, 0.2) is 60.8 Å². The van der Waals surface area contributed by atoms with E-state index in [-0.39, 0.29) is 0 Å². The lowest BCUT2D eigenvalue weighted by molar-refractivity contribution is 0.636. The molecular formula is C20H21ClN4. The number of hydrogen-bond acceptors (Lipinski definition) is 3. The van der Waals surface area contributed by atoms with Crippen molar-refractivity contribution in [3.8, 4) is 5.69 Å². The summed E-state index contributed by atoms with van der Waals surface area (Å²) in [5.74, 6) is 1.02. The predicted molar refractivity (Wildman–Crippen MR) is 104 cm³/mol. The maximum Gasteiger partial charge on any atom is 0.210 e. The van der Waals surface area contributed by atoms with Crippen LogP contribution in [0.25, 0.3) is 5.69 Å².